The number of primary amides is 1. The van der Waals surface area contributed by atoms with Gasteiger partial charge in [-0.15, -0.1) is 6.58 Å². The van der Waals surface area contributed by atoms with Crippen LogP contribution in [0, 0.1) is 17.8 Å². The fourth-order valence-corrected chi connectivity index (χ4v) is 3.75. The average molecular weight is 415 g/mol. The van der Waals surface area contributed by atoms with E-state index in [1.165, 1.54) is 15.9 Å². The van der Waals surface area contributed by atoms with E-state index in [-0.39, 0.29) is 12.3 Å². The van der Waals surface area contributed by atoms with Crippen molar-refractivity contribution in [3.8, 4) is 0 Å². The Labute approximate surface area is 177 Å². The summed E-state index contributed by atoms with van der Waals surface area (Å²) in [6, 6.07) is 5.61. The Hall–Kier alpha value is -3.16. The number of benzene rings is 1. The molecule has 0 saturated carbocycles. The third-order valence-corrected chi connectivity index (χ3v) is 5.38. The molecule has 4 amide bonds. The van der Waals surface area contributed by atoms with Crippen molar-refractivity contribution >= 4 is 35.0 Å². The molecule has 0 unspecified atom stereocenters. The first-order valence-electron chi connectivity index (χ1n) is 9.94. The van der Waals surface area contributed by atoms with Gasteiger partial charge in [0, 0.05) is 14.1 Å². The summed E-state index contributed by atoms with van der Waals surface area (Å²) in [5.74, 6) is -3.70. The lowest BCUT2D eigenvalue weighted by Crippen LogP contribution is -2.56. The van der Waals surface area contributed by atoms with Crippen LogP contribution in [-0.2, 0) is 19.2 Å². The Balaban J connectivity index is 2.36. The van der Waals surface area contributed by atoms with E-state index in [4.69, 9.17) is 5.73 Å². The van der Waals surface area contributed by atoms with Crippen LogP contribution in [0.5, 0.6) is 0 Å². The standard InChI is InChI=1S/C22H30N4O4/c1-6-9-14(19(23)27)15(12-13(2)3)20(28)24-18-21(29)25(4)16-10-7-8-11-17(16)26(5)22(18)30/h6-8,10-11,13-15,18H,1,9,12H2,2-5H3,(H2,23,27)(H,24,28)/t14-,15+/m0/s1. The van der Waals surface area contributed by atoms with Gasteiger partial charge in [0.1, 0.15) is 0 Å². The van der Waals surface area contributed by atoms with Crippen molar-refractivity contribution in [3.05, 3.63) is 36.9 Å². The molecule has 30 heavy (non-hydrogen) atoms. The second-order valence-electron chi connectivity index (χ2n) is 7.99. The number of para-hydroxylation sites is 2. The van der Waals surface area contributed by atoms with Gasteiger partial charge in [-0.25, -0.2) is 0 Å². The van der Waals surface area contributed by atoms with Crippen LogP contribution in [0.1, 0.15) is 26.7 Å². The Morgan fingerprint density at radius 2 is 1.60 bits per heavy atom. The Kier molecular flexibility index (Phi) is 7.37. The first-order chi connectivity index (χ1) is 14.1. The number of anilines is 2. The molecule has 2 atom stereocenters. The number of hydrogen-bond acceptors (Lipinski definition) is 4. The van der Waals surface area contributed by atoms with E-state index in [1.54, 1.807) is 38.4 Å². The van der Waals surface area contributed by atoms with E-state index < -0.39 is 41.5 Å². The van der Waals surface area contributed by atoms with Gasteiger partial charge >= 0.3 is 0 Å². The van der Waals surface area contributed by atoms with Crippen LogP contribution < -0.4 is 20.9 Å². The predicted octanol–water partition coefficient (Wildman–Crippen LogP) is 1.45. The molecule has 1 heterocycles. The first-order valence-corrected chi connectivity index (χ1v) is 9.94. The van der Waals surface area contributed by atoms with Gasteiger partial charge in [0.25, 0.3) is 11.8 Å². The molecule has 0 fully saturated rings. The number of likely N-dealkylation sites (N-methyl/N-ethyl adjacent to an activating group) is 2. The van der Waals surface area contributed by atoms with Crippen molar-refractivity contribution in [1.82, 2.24) is 5.32 Å². The number of hydrogen-bond donors (Lipinski definition) is 2. The first kappa shape index (κ1) is 23.1. The summed E-state index contributed by atoms with van der Waals surface area (Å²) in [6.07, 6.45) is 2.16. The Bertz CT molecular complexity index is 810. The molecule has 0 aromatic heterocycles. The molecule has 3 N–H and O–H groups in total. The maximum absolute atomic E-state index is 13.2. The summed E-state index contributed by atoms with van der Waals surface area (Å²) < 4.78 is 0. The summed E-state index contributed by atoms with van der Waals surface area (Å²) in [5, 5.41) is 2.59. The molecule has 2 rings (SSSR count). The zero-order valence-electron chi connectivity index (χ0n) is 17.9. The number of allylic oxidation sites excluding steroid dienone is 1. The van der Waals surface area contributed by atoms with Crippen LogP contribution in [0.2, 0.25) is 0 Å². The highest BCUT2D eigenvalue weighted by Gasteiger charge is 2.41. The van der Waals surface area contributed by atoms with Crippen molar-refractivity contribution in [1.29, 1.82) is 0 Å². The van der Waals surface area contributed by atoms with Gasteiger partial charge < -0.3 is 20.9 Å². The predicted molar refractivity (Wildman–Crippen MR) is 116 cm³/mol. The number of rotatable bonds is 8. The van der Waals surface area contributed by atoms with Crippen LogP contribution in [0.15, 0.2) is 36.9 Å². The molecule has 162 valence electrons. The summed E-state index contributed by atoms with van der Waals surface area (Å²) >= 11 is 0. The highest BCUT2D eigenvalue weighted by atomic mass is 16.2. The second kappa shape index (κ2) is 9.56. The second-order valence-corrected chi connectivity index (χ2v) is 7.99. The third kappa shape index (κ3) is 4.69. The largest absolute Gasteiger partial charge is 0.369 e. The van der Waals surface area contributed by atoms with Gasteiger partial charge in [-0.3, -0.25) is 19.2 Å². The van der Waals surface area contributed by atoms with Crippen molar-refractivity contribution in [3.63, 3.8) is 0 Å². The van der Waals surface area contributed by atoms with E-state index in [0.29, 0.717) is 17.8 Å². The monoisotopic (exact) mass is 414 g/mol. The maximum atomic E-state index is 13.2. The summed E-state index contributed by atoms with van der Waals surface area (Å²) in [4.78, 5) is 53.9. The molecule has 0 radical (unpaired) electrons. The average Bonchev–Trinajstić information content (AvgIpc) is 2.76. The van der Waals surface area contributed by atoms with Gasteiger partial charge in [0.2, 0.25) is 11.8 Å². The van der Waals surface area contributed by atoms with Gasteiger partial charge in [-0.1, -0.05) is 32.1 Å². The van der Waals surface area contributed by atoms with Crippen LogP contribution in [-0.4, -0.2) is 43.8 Å². The van der Waals surface area contributed by atoms with E-state index in [9.17, 15) is 19.2 Å². The number of carbonyl (C=O) groups is 4. The molecule has 1 aromatic rings. The SMILES string of the molecule is C=CC[C@H](C(N)=O)[C@@H](CC(C)C)C(=O)NC1C(=O)N(C)c2ccccc2N(C)C1=O. The van der Waals surface area contributed by atoms with E-state index >= 15 is 0 Å². The van der Waals surface area contributed by atoms with E-state index in [1.807, 2.05) is 13.8 Å². The zero-order valence-corrected chi connectivity index (χ0v) is 17.9. The lowest BCUT2D eigenvalue weighted by molar-refractivity contribution is -0.138. The number of nitrogens with zero attached hydrogens (tertiary/aromatic N) is 2. The van der Waals surface area contributed by atoms with Gasteiger partial charge in [-0.2, -0.15) is 0 Å². The van der Waals surface area contributed by atoms with Gasteiger partial charge in [-0.05, 0) is 30.9 Å². The molecule has 0 saturated heterocycles. The molecule has 1 aliphatic heterocycles. The van der Waals surface area contributed by atoms with Crippen LogP contribution in [0.25, 0.3) is 0 Å². The smallest absolute Gasteiger partial charge is 0.259 e. The highest BCUT2D eigenvalue weighted by Crippen LogP contribution is 2.31. The van der Waals surface area contributed by atoms with Crippen LogP contribution >= 0.6 is 0 Å². The molecular weight excluding hydrogens is 384 g/mol. The highest BCUT2D eigenvalue weighted by molar-refractivity contribution is 6.21. The molecule has 8 heteroatoms. The minimum atomic E-state index is -1.40. The fourth-order valence-electron chi connectivity index (χ4n) is 3.75. The number of fused-ring (bicyclic) bond motifs is 1. The third-order valence-electron chi connectivity index (χ3n) is 5.38. The topological polar surface area (TPSA) is 113 Å². The molecule has 0 bridgehead atoms. The van der Waals surface area contributed by atoms with Crippen molar-refractivity contribution in [2.24, 2.45) is 23.5 Å². The summed E-state index contributed by atoms with van der Waals surface area (Å²) in [7, 11) is 3.12. The minimum absolute atomic E-state index is 0.0996. The Morgan fingerprint density at radius 3 is 2.00 bits per heavy atom. The van der Waals surface area contributed by atoms with Gasteiger partial charge in [0.15, 0.2) is 6.04 Å². The summed E-state index contributed by atoms with van der Waals surface area (Å²) in [5.41, 5.74) is 6.67. The minimum Gasteiger partial charge on any atom is -0.369 e. The number of carbonyl (C=O) groups excluding carboxylic acids is 4. The van der Waals surface area contributed by atoms with E-state index in [0.717, 1.165) is 0 Å². The molecular formula is C22H30N4O4. The quantitative estimate of drug-likeness (QED) is 0.495. The molecule has 8 nitrogen and oxygen atoms in total. The maximum Gasteiger partial charge on any atom is 0.259 e. The lowest BCUT2D eigenvalue weighted by Gasteiger charge is -2.27. The van der Waals surface area contributed by atoms with Crippen LogP contribution in [0.3, 0.4) is 0 Å². The van der Waals surface area contributed by atoms with Crippen molar-refractivity contribution in [2.75, 3.05) is 23.9 Å². The van der Waals surface area contributed by atoms with Crippen molar-refractivity contribution in [2.45, 2.75) is 32.7 Å². The van der Waals surface area contributed by atoms with E-state index in [2.05, 4.69) is 11.9 Å². The molecule has 0 spiro atoms. The number of nitrogens with two attached hydrogens (primary N) is 1. The molecule has 0 aliphatic carbocycles. The summed E-state index contributed by atoms with van der Waals surface area (Å²) in [6.45, 7) is 7.48. The number of amides is 4. The fraction of sp³-hybridized carbons (Fsp3) is 0.455. The molecule has 1 aliphatic rings. The van der Waals surface area contributed by atoms with Crippen LogP contribution in [0.4, 0.5) is 11.4 Å². The normalized spacial score (nSPS) is 16.7. The van der Waals surface area contributed by atoms with Gasteiger partial charge in [0.05, 0.1) is 23.2 Å². The van der Waals surface area contributed by atoms with Crippen molar-refractivity contribution < 1.29 is 19.2 Å². The lowest BCUT2D eigenvalue weighted by atomic mass is 9.82. The zero-order chi connectivity index (χ0) is 22.6. The molecule has 1 aromatic carbocycles. The number of nitrogens with one attached hydrogen (secondary N) is 1. The Morgan fingerprint density at radius 1 is 1.10 bits per heavy atom.